The zero-order valence-electron chi connectivity index (χ0n) is 8.18. The first-order chi connectivity index (χ1) is 6.93. The third-order valence-electron chi connectivity index (χ3n) is 1.92. The van der Waals surface area contributed by atoms with E-state index < -0.39 is 19.7 Å². The average Bonchev–Trinajstić information content (AvgIpc) is 2.18. The molecule has 0 heterocycles. The molecule has 1 aromatic rings. The first-order valence-corrected chi connectivity index (χ1v) is 7.00. The van der Waals surface area contributed by atoms with E-state index in [0.717, 1.165) is 0 Å². The van der Waals surface area contributed by atoms with Gasteiger partial charge >= 0.3 is 0 Å². The molecule has 0 aliphatic carbocycles. The maximum atomic E-state index is 11.6. The summed E-state index contributed by atoms with van der Waals surface area (Å²) in [7, 11) is -3.38. The number of hydrogen-bond donors (Lipinski definition) is 0. The number of benzene rings is 1. The lowest BCUT2D eigenvalue weighted by molar-refractivity contribution is 0.102. The van der Waals surface area contributed by atoms with Crippen LogP contribution >= 0.6 is 15.9 Å². The minimum atomic E-state index is -3.38. The van der Waals surface area contributed by atoms with Crippen LogP contribution in [0.4, 0.5) is 0 Å². The molecule has 15 heavy (non-hydrogen) atoms. The second-order valence-electron chi connectivity index (χ2n) is 3.14. The molecular weight excluding hydrogens is 280 g/mol. The van der Waals surface area contributed by atoms with Crippen LogP contribution in [0.3, 0.4) is 0 Å². The standard InChI is InChI=1S/C10H11BrO3S/c1-8(11)15(13,14)7-10(12)9-5-3-2-4-6-9/h2-6,8H,7H2,1H3. The molecule has 0 N–H and O–H groups in total. The van der Waals surface area contributed by atoms with Crippen LogP contribution < -0.4 is 0 Å². The molecule has 1 aromatic carbocycles. The summed E-state index contributed by atoms with van der Waals surface area (Å²) in [6.07, 6.45) is 0. The van der Waals surface area contributed by atoms with Crippen molar-refractivity contribution in [2.24, 2.45) is 0 Å². The molecule has 0 aliphatic rings. The number of hydrogen-bond acceptors (Lipinski definition) is 3. The van der Waals surface area contributed by atoms with Crippen molar-refractivity contribution >= 4 is 31.6 Å². The summed E-state index contributed by atoms with van der Waals surface area (Å²) in [5, 5.41) is 0. The van der Waals surface area contributed by atoms with Crippen molar-refractivity contribution in [2.45, 2.75) is 11.1 Å². The van der Waals surface area contributed by atoms with Crippen molar-refractivity contribution in [3.05, 3.63) is 35.9 Å². The first kappa shape index (κ1) is 12.4. The number of sulfone groups is 1. The molecule has 0 fully saturated rings. The molecule has 0 spiro atoms. The van der Waals surface area contributed by atoms with Gasteiger partial charge in [-0.05, 0) is 6.92 Å². The number of halogens is 1. The molecule has 1 unspecified atom stereocenters. The van der Waals surface area contributed by atoms with E-state index in [4.69, 9.17) is 0 Å². The summed E-state index contributed by atoms with van der Waals surface area (Å²) < 4.78 is 22.2. The molecule has 0 saturated carbocycles. The van der Waals surface area contributed by atoms with Crippen LogP contribution in [-0.2, 0) is 9.84 Å². The van der Waals surface area contributed by atoms with Gasteiger partial charge < -0.3 is 0 Å². The van der Waals surface area contributed by atoms with Crippen molar-refractivity contribution in [2.75, 3.05) is 5.75 Å². The van der Waals surface area contributed by atoms with Crippen molar-refractivity contribution in [1.29, 1.82) is 0 Å². The highest BCUT2D eigenvalue weighted by atomic mass is 79.9. The van der Waals surface area contributed by atoms with Crippen molar-refractivity contribution in [1.82, 2.24) is 0 Å². The molecule has 0 aliphatic heterocycles. The Bertz CT molecular complexity index is 437. The first-order valence-electron chi connectivity index (χ1n) is 4.37. The molecule has 0 amide bonds. The van der Waals surface area contributed by atoms with E-state index in [-0.39, 0.29) is 5.78 Å². The summed E-state index contributed by atoms with van der Waals surface area (Å²) in [5.74, 6) is -0.828. The molecular formula is C10H11BrO3S. The summed E-state index contributed by atoms with van der Waals surface area (Å²) in [6.45, 7) is 1.49. The lowest BCUT2D eigenvalue weighted by atomic mass is 10.2. The Hall–Kier alpha value is -0.680. The Morgan fingerprint density at radius 1 is 1.33 bits per heavy atom. The molecule has 3 nitrogen and oxygen atoms in total. The van der Waals surface area contributed by atoms with Crippen LogP contribution in [0.1, 0.15) is 17.3 Å². The van der Waals surface area contributed by atoms with Gasteiger partial charge in [0.1, 0.15) is 9.91 Å². The number of Topliss-reactive ketones (excluding diaryl/α,β-unsaturated/α-hetero) is 1. The lowest BCUT2D eigenvalue weighted by Crippen LogP contribution is -2.21. The maximum absolute atomic E-state index is 11.6. The number of rotatable bonds is 4. The van der Waals surface area contributed by atoms with Crippen molar-refractivity contribution in [3.8, 4) is 0 Å². The number of ketones is 1. The monoisotopic (exact) mass is 290 g/mol. The smallest absolute Gasteiger partial charge is 0.177 e. The van der Waals surface area contributed by atoms with Crippen molar-refractivity contribution in [3.63, 3.8) is 0 Å². The van der Waals surface area contributed by atoms with E-state index in [1.807, 2.05) is 0 Å². The van der Waals surface area contributed by atoms with Gasteiger partial charge in [-0.2, -0.15) is 0 Å². The molecule has 0 saturated heterocycles. The van der Waals surface area contributed by atoms with Crippen LogP contribution in [0.15, 0.2) is 30.3 Å². The Morgan fingerprint density at radius 3 is 2.33 bits per heavy atom. The van der Waals surface area contributed by atoms with E-state index >= 15 is 0 Å². The van der Waals surface area contributed by atoms with E-state index in [1.54, 1.807) is 30.3 Å². The largest absolute Gasteiger partial charge is 0.293 e. The fourth-order valence-electron chi connectivity index (χ4n) is 1.00. The number of alkyl halides is 1. The molecule has 1 atom stereocenters. The zero-order valence-corrected chi connectivity index (χ0v) is 10.6. The normalized spacial score (nSPS) is 13.5. The zero-order chi connectivity index (χ0) is 11.5. The SMILES string of the molecule is CC(Br)S(=O)(=O)CC(=O)c1ccccc1. The van der Waals surface area contributed by atoms with Crippen LogP contribution in [0.2, 0.25) is 0 Å². The molecule has 82 valence electrons. The molecule has 0 aromatic heterocycles. The quantitative estimate of drug-likeness (QED) is 0.630. The molecule has 1 rings (SSSR count). The van der Waals surface area contributed by atoms with Gasteiger partial charge in [-0.3, -0.25) is 4.79 Å². The topological polar surface area (TPSA) is 51.2 Å². The Morgan fingerprint density at radius 2 is 1.87 bits per heavy atom. The molecule has 0 radical (unpaired) electrons. The maximum Gasteiger partial charge on any atom is 0.177 e. The highest BCUT2D eigenvalue weighted by molar-refractivity contribution is 9.11. The molecule has 0 bridgehead atoms. The van der Waals surface area contributed by atoms with Crippen LogP contribution in [-0.4, -0.2) is 24.1 Å². The third-order valence-corrected chi connectivity index (χ3v) is 5.29. The van der Waals surface area contributed by atoms with Crippen LogP contribution in [0.5, 0.6) is 0 Å². The predicted octanol–water partition coefficient (Wildman–Crippen LogP) is 2.02. The Kier molecular flexibility index (Phi) is 4.04. The summed E-state index contributed by atoms with van der Waals surface area (Å²) in [5.41, 5.74) is 0.425. The summed E-state index contributed by atoms with van der Waals surface area (Å²) >= 11 is 2.96. The van der Waals surface area contributed by atoms with Gasteiger partial charge in [0.2, 0.25) is 0 Å². The van der Waals surface area contributed by atoms with E-state index in [2.05, 4.69) is 15.9 Å². The summed E-state index contributed by atoms with van der Waals surface area (Å²) in [4.78, 5) is 11.6. The second kappa shape index (κ2) is 4.90. The van der Waals surface area contributed by atoms with E-state index in [0.29, 0.717) is 5.56 Å². The lowest BCUT2D eigenvalue weighted by Gasteiger charge is -2.05. The third kappa shape index (κ3) is 3.43. The number of carbonyl (C=O) groups excluding carboxylic acids is 1. The number of carbonyl (C=O) groups is 1. The fraction of sp³-hybridized carbons (Fsp3) is 0.300. The molecule has 5 heteroatoms. The van der Waals surface area contributed by atoms with Gasteiger partial charge in [0.05, 0.1) is 0 Å². The minimum Gasteiger partial charge on any atom is -0.293 e. The Labute approximate surface area is 97.5 Å². The van der Waals surface area contributed by atoms with Gasteiger partial charge in [-0.1, -0.05) is 46.3 Å². The van der Waals surface area contributed by atoms with E-state index in [1.165, 1.54) is 6.92 Å². The average molecular weight is 291 g/mol. The van der Waals surface area contributed by atoms with Crippen LogP contribution in [0.25, 0.3) is 0 Å². The van der Waals surface area contributed by atoms with Gasteiger partial charge in [0.15, 0.2) is 15.6 Å². The van der Waals surface area contributed by atoms with E-state index in [9.17, 15) is 13.2 Å². The summed E-state index contributed by atoms with van der Waals surface area (Å²) in [6, 6.07) is 8.40. The van der Waals surface area contributed by atoms with Gasteiger partial charge in [-0.25, -0.2) is 8.42 Å². The minimum absolute atomic E-state index is 0.373. The van der Waals surface area contributed by atoms with Gasteiger partial charge in [0.25, 0.3) is 0 Å². The fourth-order valence-corrected chi connectivity index (χ4v) is 2.16. The van der Waals surface area contributed by atoms with Crippen LogP contribution in [0, 0.1) is 0 Å². The van der Waals surface area contributed by atoms with Gasteiger partial charge in [0, 0.05) is 5.56 Å². The highest BCUT2D eigenvalue weighted by Gasteiger charge is 2.22. The van der Waals surface area contributed by atoms with Gasteiger partial charge in [-0.15, -0.1) is 0 Å². The predicted molar refractivity (Wildman–Crippen MR) is 62.9 cm³/mol. The highest BCUT2D eigenvalue weighted by Crippen LogP contribution is 2.11. The van der Waals surface area contributed by atoms with Crippen molar-refractivity contribution < 1.29 is 13.2 Å². The Balaban J connectivity index is 2.82. The second-order valence-corrected chi connectivity index (χ2v) is 7.44.